The number of nitrogens with one attached hydrogen (secondary N) is 1. The third kappa shape index (κ3) is 4.10. The lowest BCUT2D eigenvalue weighted by Gasteiger charge is -2.12. The Morgan fingerprint density at radius 3 is 2.65 bits per heavy atom. The van der Waals surface area contributed by atoms with Crippen molar-refractivity contribution in [2.24, 2.45) is 5.92 Å². The molecule has 136 valence electrons. The number of nitrogens with zero attached hydrogens (tertiary/aromatic N) is 2. The molecule has 0 spiro atoms. The fraction of sp³-hybridized carbons (Fsp3) is 0.333. The summed E-state index contributed by atoms with van der Waals surface area (Å²) in [7, 11) is 0. The van der Waals surface area contributed by atoms with Gasteiger partial charge in [0.2, 0.25) is 0 Å². The molecule has 0 aliphatic rings. The van der Waals surface area contributed by atoms with Gasteiger partial charge in [0.1, 0.15) is 11.6 Å². The number of hydrogen-bond acceptors (Lipinski definition) is 2. The van der Waals surface area contributed by atoms with Crippen LogP contribution in [0.15, 0.2) is 48.5 Å². The number of aryl methyl sites for hydroxylation is 1. The smallest absolute Gasteiger partial charge is 0.254 e. The van der Waals surface area contributed by atoms with E-state index in [0.717, 1.165) is 36.2 Å². The molecule has 3 rings (SSSR count). The lowest BCUT2D eigenvalue weighted by atomic mass is 10.2. The van der Waals surface area contributed by atoms with E-state index in [9.17, 15) is 9.18 Å². The molecule has 0 bridgehead atoms. The highest BCUT2D eigenvalue weighted by molar-refractivity contribution is 5.94. The van der Waals surface area contributed by atoms with E-state index < -0.39 is 5.82 Å². The summed E-state index contributed by atoms with van der Waals surface area (Å²) in [6.07, 6.45) is 1.51. The van der Waals surface area contributed by atoms with Crippen molar-refractivity contribution < 1.29 is 9.18 Å². The van der Waals surface area contributed by atoms with E-state index in [2.05, 4.69) is 29.8 Å². The Bertz CT molecular complexity index is 901. The van der Waals surface area contributed by atoms with Crippen LogP contribution in [0.25, 0.3) is 11.0 Å². The van der Waals surface area contributed by atoms with Crippen LogP contribution < -0.4 is 5.32 Å². The molecule has 0 aliphatic heterocycles. The first-order valence-electron chi connectivity index (χ1n) is 9.03. The van der Waals surface area contributed by atoms with Gasteiger partial charge in [-0.1, -0.05) is 38.1 Å². The van der Waals surface area contributed by atoms with E-state index in [-0.39, 0.29) is 11.5 Å². The number of imidazole rings is 1. The summed E-state index contributed by atoms with van der Waals surface area (Å²) in [6.45, 7) is 5.77. The normalized spacial score (nSPS) is 11.2. The minimum absolute atomic E-state index is 0.0829. The minimum Gasteiger partial charge on any atom is -0.352 e. The largest absolute Gasteiger partial charge is 0.352 e. The molecule has 4 nitrogen and oxygen atoms in total. The van der Waals surface area contributed by atoms with E-state index in [1.165, 1.54) is 12.1 Å². The van der Waals surface area contributed by atoms with Crippen LogP contribution in [0.4, 0.5) is 4.39 Å². The maximum atomic E-state index is 13.6. The second kappa shape index (κ2) is 8.13. The highest BCUT2D eigenvalue weighted by atomic mass is 19.1. The summed E-state index contributed by atoms with van der Waals surface area (Å²) in [5.74, 6) is 0.676. The Morgan fingerprint density at radius 1 is 1.15 bits per heavy atom. The molecule has 0 atom stereocenters. The number of para-hydroxylation sites is 2. The van der Waals surface area contributed by atoms with Crippen LogP contribution in [0, 0.1) is 11.7 Å². The third-order valence-electron chi connectivity index (χ3n) is 4.26. The molecule has 26 heavy (non-hydrogen) atoms. The van der Waals surface area contributed by atoms with Gasteiger partial charge in [0.25, 0.3) is 5.91 Å². The van der Waals surface area contributed by atoms with Crippen molar-refractivity contribution >= 4 is 16.9 Å². The van der Waals surface area contributed by atoms with Crippen LogP contribution in [0.5, 0.6) is 0 Å². The quantitative estimate of drug-likeness (QED) is 0.647. The van der Waals surface area contributed by atoms with Gasteiger partial charge in [0, 0.05) is 19.5 Å². The topological polar surface area (TPSA) is 46.9 Å². The fourth-order valence-corrected chi connectivity index (χ4v) is 3.07. The number of fused-ring (bicyclic) bond motifs is 1. The van der Waals surface area contributed by atoms with Crippen molar-refractivity contribution in [3.63, 3.8) is 0 Å². The van der Waals surface area contributed by atoms with Gasteiger partial charge in [-0.2, -0.15) is 0 Å². The van der Waals surface area contributed by atoms with Crippen molar-refractivity contribution in [2.75, 3.05) is 6.54 Å². The van der Waals surface area contributed by atoms with E-state index in [4.69, 9.17) is 4.98 Å². The number of hydrogen-bond donors (Lipinski definition) is 1. The summed E-state index contributed by atoms with van der Waals surface area (Å²) in [5.41, 5.74) is 2.23. The van der Waals surface area contributed by atoms with E-state index in [0.29, 0.717) is 12.5 Å². The number of carbonyl (C=O) groups excluding carboxylic acids is 1. The molecule has 1 heterocycles. The number of amides is 1. The lowest BCUT2D eigenvalue weighted by Crippen LogP contribution is -2.26. The summed E-state index contributed by atoms with van der Waals surface area (Å²) in [6, 6.07) is 14.2. The average Bonchev–Trinajstić information content (AvgIpc) is 2.96. The summed E-state index contributed by atoms with van der Waals surface area (Å²) < 4.78 is 15.9. The third-order valence-corrected chi connectivity index (χ3v) is 4.26. The highest BCUT2D eigenvalue weighted by Crippen LogP contribution is 2.18. The van der Waals surface area contributed by atoms with Crippen molar-refractivity contribution in [3.05, 3.63) is 65.7 Å². The predicted molar refractivity (Wildman–Crippen MR) is 102 cm³/mol. The van der Waals surface area contributed by atoms with Gasteiger partial charge in [0.15, 0.2) is 0 Å². The molecule has 1 amide bonds. The first kappa shape index (κ1) is 18.1. The molecular formula is C21H24FN3O. The molecule has 1 aromatic heterocycles. The molecule has 0 radical (unpaired) electrons. The lowest BCUT2D eigenvalue weighted by molar-refractivity contribution is 0.0949. The van der Waals surface area contributed by atoms with E-state index in [1.54, 1.807) is 12.1 Å². The molecule has 0 fully saturated rings. The Kier molecular flexibility index (Phi) is 5.66. The predicted octanol–water partition coefficient (Wildman–Crippen LogP) is 4.19. The monoisotopic (exact) mass is 353 g/mol. The van der Waals surface area contributed by atoms with Crippen LogP contribution >= 0.6 is 0 Å². The van der Waals surface area contributed by atoms with E-state index >= 15 is 0 Å². The van der Waals surface area contributed by atoms with Gasteiger partial charge >= 0.3 is 0 Å². The fourth-order valence-electron chi connectivity index (χ4n) is 3.07. The zero-order chi connectivity index (χ0) is 18.5. The van der Waals surface area contributed by atoms with Crippen molar-refractivity contribution in [1.82, 2.24) is 14.9 Å². The average molecular weight is 353 g/mol. The van der Waals surface area contributed by atoms with Crippen LogP contribution in [0.2, 0.25) is 0 Å². The molecule has 2 aromatic carbocycles. The van der Waals surface area contributed by atoms with Gasteiger partial charge < -0.3 is 9.88 Å². The van der Waals surface area contributed by atoms with Crippen molar-refractivity contribution in [2.45, 2.75) is 33.2 Å². The number of halogens is 1. The van der Waals surface area contributed by atoms with Crippen LogP contribution in [-0.4, -0.2) is 22.0 Å². The standard InChI is InChI=1S/C21H24FN3O/c1-15(2)14-25-19-11-6-5-10-18(19)24-20(25)12-7-13-23-21(26)16-8-3-4-9-17(16)22/h3-6,8-11,15H,7,12-14H2,1-2H3,(H,23,26). The number of carbonyl (C=O) groups is 1. The number of aromatic nitrogens is 2. The maximum absolute atomic E-state index is 13.6. The Balaban J connectivity index is 1.63. The van der Waals surface area contributed by atoms with Gasteiger partial charge in [-0.05, 0) is 36.6 Å². The second-order valence-electron chi connectivity index (χ2n) is 6.86. The van der Waals surface area contributed by atoms with Crippen LogP contribution in [-0.2, 0) is 13.0 Å². The summed E-state index contributed by atoms with van der Waals surface area (Å²) >= 11 is 0. The van der Waals surface area contributed by atoms with Gasteiger partial charge in [0.05, 0.1) is 16.6 Å². The summed E-state index contributed by atoms with van der Waals surface area (Å²) in [4.78, 5) is 16.8. The van der Waals surface area contributed by atoms with Crippen molar-refractivity contribution in [1.29, 1.82) is 0 Å². The Hall–Kier alpha value is -2.69. The first-order chi connectivity index (χ1) is 12.6. The molecule has 0 unspecified atom stereocenters. The highest BCUT2D eigenvalue weighted by Gasteiger charge is 2.13. The number of rotatable bonds is 7. The zero-order valence-electron chi connectivity index (χ0n) is 15.2. The molecule has 0 aliphatic carbocycles. The van der Waals surface area contributed by atoms with Crippen LogP contribution in [0.1, 0.15) is 36.5 Å². The van der Waals surface area contributed by atoms with Gasteiger partial charge in [-0.3, -0.25) is 4.79 Å². The first-order valence-corrected chi connectivity index (χ1v) is 9.03. The molecular weight excluding hydrogens is 329 g/mol. The zero-order valence-corrected chi connectivity index (χ0v) is 15.2. The molecule has 0 saturated carbocycles. The molecule has 5 heteroatoms. The number of benzene rings is 2. The van der Waals surface area contributed by atoms with Crippen LogP contribution in [0.3, 0.4) is 0 Å². The Morgan fingerprint density at radius 2 is 1.88 bits per heavy atom. The van der Waals surface area contributed by atoms with E-state index in [1.807, 2.05) is 18.2 Å². The Labute approximate surface area is 153 Å². The summed E-state index contributed by atoms with van der Waals surface area (Å²) in [5, 5.41) is 2.79. The minimum atomic E-state index is -0.497. The second-order valence-corrected chi connectivity index (χ2v) is 6.86. The van der Waals surface area contributed by atoms with Crippen molar-refractivity contribution in [3.8, 4) is 0 Å². The molecule has 3 aromatic rings. The van der Waals surface area contributed by atoms with Gasteiger partial charge in [-0.25, -0.2) is 9.37 Å². The molecule has 0 saturated heterocycles. The SMILES string of the molecule is CC(C)Cn1c(CCCNC(=O)c2ccccc2F)nc2ccccc21. The maximum Gasteiger partial charge on any atom is 0.254 e. The molecule has 1 N–H and O–H groups in total. The van der Waals surface area contributed by atoms with Gasteiger partial charge in [-0.15, -0.1) is 0 Å².